The van der Waals surface area contributed by atoms with Gasteiger partial charge in [0.15, 0.2) is 5.82 Å². The maximum Gasteiger partial charge on any atom is 0.319 e. The maximum atomic E-state index is 11.9. The van der Waals surface area contributed by atoms with Crippen molar-refractivity contribution in [2.24, 2.45) is 0 Å². The van der Waals surface area contributed by atoms with Gasteiger partial charge in [0.05, 0.1) is 11.9 Å². The zero-order valence-corrected chi connectivity index (χ0v) is 11.8. The summed E-state index contributed by atoms with van der Waals surface area (Å²) in [6, 6.07) is 5.63. The molecule has 1 aliphatic rings. The van der Waals surface area contributed by atoms with Gasteiger partial charge >= 0.3 is 6.03 Å². The lowest BCUT2D eigenvalue weighted by atomic mass is 9.96. The van der Waals surface area contributed by atoms with Gasteiger partial charge in [-0.15, -0.1) is 0 Å². The molecule has 2 amide bonds. The van der Waals surface area contributed by atoms with Gasteiger partial charge in [0.2, 0.25) is 0 Å². The van der Waals surface area contributed by atoms with Gasteiger partial charge in [0.1, 0.15) is 0 Å². The van der Waals surface area contributed by atoms with Crippen molar-refractivity contribution in [1.82, 2.24) is 20.1 Å². The van der Waals surface area contributed by atoms with Crippen molar-refractivity contribution in [1.29, 1.82) is 0 Å². The zero-order valence-electron chi connectivity index (χ0n) is 11.8. The molecule has 0 saturated heterocycles. The fraction of sp³-hybridized carbons (Fsp3) is 0.400. The van der Waals surface area contributed by atoms with E-state index in [-0.39, 0.29) is 6.03 Å². The van der Waals surface area contributed by atoms with Crippen molar-refractivity contribution < 1.29 is 4.79 Å². The lowest BCUT2D eigenvalue weighted by Crippen LogP contribution is -2.39. The van der Waals surface area contributed by atoms with Crippen molar-refractivity contribution in [2.75, 3.05) is 5.32 Å². The summed E-state index contributed by atoms with van der Waals surface area (Å²) in [5.41, 5.74) is 0.680. The number of anilines is 1. The predicted octanol–water partition coefficient (Wildman–Crippen LogP) is 2.72. The van der Waals surface area contributed by atoms with Crippen molar-refractivity contribution >= 4 is 11.7 Å². The van der Waals surface area contributed by atoms with E-state index in [9.17, 15) is 4.79 Å². The molecule has 0 aromatic carbocycles. The second-order valence-electron chi connectivity index (χ2n) is 5.29. The molecule has 0 aliphatic heterocycles. The summed E-state index contributed by atoms with van der Waals surface area (Å²) in [4.78, 5) is 16.2. The molecular formula is C15H19N5O. The summed E-state index contributed by atoms with van der Waals surface area (Å²) in [7, 11) is 0. The molecule has 21 heavy (non-hydrogen) atoms. The van der Waals surface area contributed by atoms with Gasteiger partial charge in [-0.25, -0.2) is 14.5 Å². The van der Waals surface area contributed by atoms with E-state index in [0.717, 1.165) is 18.7 Å². The van der Waals surface area contributed by atoms with Crippen LogP contribution >= 0.6 is 0 Å². The molecule has 110 valence electrons. The van der Waals surface area contributed by atoms with E-state index < -0.39 is 0 Å². The highest BCUT2D eigenvalue weighted by Gasteiger charge is 2.15. The summed E-state index contributed by atoms with van der Waals surface area (Å²) in [6.45, 7) is 0. The number of amides is 2. The first kappa shape index (κ1) is 13.6. The standard InChI is InChI=1S/C15H19N5O/c21-15(18-12-5-2-1-3-6-12)19-13-7-8-14(16-11-13)20-10-4-9-17-20/h4,7-12H,1-3,5-6H2,(H2,18,19,21). The van der Waals surface area contributed by atoms with Crippen LogP contribution < -0.4 is 10.6 Å². The van der Waals surface area contributed by atoms with Crippen molar-refractivity contribution in [3.8, 4) is 5.82 Å². The third-order valence-corrected chi connectivity index (χ3v) is 3.69. The molecule has 0 unspecified atom stereocenters. The molecule has 3 rings (SSSR count). The number of aromatic nitrogens is 3. The lowest BCUT2D eigenvalue weighted by molar-refractivity contribution is 0.244. The minimum atomic E-state index is -0.157. The molecule has 0 atom stereocenters. The van der Waals surface area contributed by atoms with E-state index in [1.54, 1.807) is 17.1 Å². The summed E-state index contributed by atoms with van der Waals surface area (Å²) in [6.07, 6.45) is 11.0. The van der Waals surface area contributed by atoms with E-state index in [2.05, 4.69) is 20.7 Å². The van der Waals surface area contributed by atoms with Crippen LogP contribution in [0.2, 0.25) is 0 Å². The average molecular weight is 285 g/mol. The fourth-order valence-electron chi connectivity index (χ4n) is 2.60. The molecule has 1 saturated carbocycles. The Hall–Kier alpha value is -2.37. The van der Waals surface area contributed by atoms with Gasteiger partial charge in [-0.05, 0) is 31.0 Å². The van der Waals surface area contributed by atoms with Gasteiger partial charge in [-0.3, -0.25) is 0 Å². The third kappa shape index (κ3) is 3.59. The molecule has 2 N–H and O–H groups in total. The molecule has 0 bridgehead atoms. The minimum Gasteiger partial charge on any atom is -0.335 e. The van der Waals surface area contributed by atoms with Crippen LogP contribution in [0.3, 0.4) is 0 Å². The molecule has 1 fully saturated rings. The number of pyridine rings is 1. The molecule has 2 aromatic heterocycles. The second-order valence-corrected chi connectivity index (χ2v) is 5.29. The summed E-state index contributed by atoms with van der Waals surface area (Å²) in [5.74, 6) is 0.721. The van der Waals surface area contributed by atoms with Crippen LogP contribution in [0, 0.1) is 0 Å². The van der Waals surface area contributed by atoms with Crippen LogP contribution in [0.15, 0.2) is 36.8 Å². The summed E-state index contributed by atoms with van der Waals surface area (Å²) >= 11 is 0. The average Bonchev–Trinajstić information content (AvgIpc) is 3.03. The third-order valence-electron chi connectivity index (χ3n) is 3.69. The first-order chi connectivity index (χ1) is 10.3. The smallest absolute Gasteiger partial charge is 0.319 e. The van der Waals surface area contributed by atoms with E-state index in [1.165, 1.54) is 19.3 Å². The molecule has 0 spiro atoms. The second kappa shape index (κ2) is 6.39. The van der Waals surface area contributed by atoms with Crippen LogP contribution in [0.4, 0.5) is 10.5 Å². The Morgan fingerprint density at radius 3 is 2.76 bits per heavy atom. The number of hydrogen-bond acceptors (Lipinski definition) is 3. The Kier molecular flexibility index (Phi) is 4.14. The van der Waals surface area contributed by atoms with Crippen LogP contribution in [0.5, 0.6) is 0 Å². The topological polar surface area (TPSA) is 71.8 Å². The highest BCUT2D eigenvalue weighted by molar-refractivity contribution is 5.89. The van der Waals surface area contributed by atoms with E-state index in [4.69, 9.17) is 0 Å². The molecular weight excluding hydrogens is 266 g/mol. The Morgan fingerprint density at radius 1 is 1.24 bits per heavy atom. The van der Waals surface area contributed by atoms with Crippen LogP contribution in [0.25, 0.3) is 5.82 Å². The summed E-state index contributed by atoms with van der Waals surface area (Å²) < 4.78 is 1.67. The first-order valence-corrected chi connectivity index (χ1v) is 7.35. The first-order valence-electron chi connectivity index (χ1n) is 7.35. The number of carbonyl (C=O) groups excluding carboxylic acids is 1. The number of carbonyl (C=O) groups is 1. The summed E-state index contributed by atoms with van der Waals surface area (Å²) in [5, 5.41) is 9.94. The molecule has 2 aromatic rings. The van der Waals surface area contributed by atoms with Gasteiger partial charge in [-0.1, -0.05) is 19.3 Å². The maximum absolute atomic E-state index is 11.9. The van der Waals surface area contributed by atoms with Crippen LogP contribution in [-0.2, 0) is 0 Å². The van der Waals surface area contributed by atoms with Crippen molar-refractivity contribution in [3.63, 3.8) is 0 Å². The minimum absolute atomic E-state index is 0.157. The number of nitrogens with one attached hydrogen (secondary N) is 2. The Morgan fingerprint density at radius 2 is 2.10 bits per heavy atom. The van der Waals surface area contributed by atoms with Gasteiger partial charge in [0.25, 0.3) is 0 Å². The molecule has 2 heterocycles. The SMILES string of the molecule is O=C(Nc1ccc(-n2cccn2)nc1)NC1CCCCC1. The fourth-order valence-corrected chi connectivity index (χ4v) is 2.60. The number of rotatable bonds is 3. The van der Waals surface area contributed by atoms with E-state index in [0.29, 0.717) is 11.7 Å². The number of urea groups is 1. The van der Waals surface area contributed by atoms with Crippen molar-refractivity contribution in [3.05, 3.63) is 36.8 Å². The molecule has 1 aliphatic carbocycles. The van der Waals surface area contributed by atoms with Crippen molar-refractivity contribution in [2.45, 2.75) is 38.1 Å². The largest absolute Gasteiger partial charge is 0.335 e. The lowest BCUT2D eigenvalue weighted by Gasteiger charge is -2.22. The van der Waals surface area contributed by atoms with E-state index in [1.807, 2.05) is 24.4 Å². The highest BCUT2D eigenvalue weighted by atomic mass is 16.2. The predicted molar refractivity (Wildman–Crippen MR) is 80.4 cm³/mol. The Labute approximate surface area is 123 Å². The zero-order chi connectivity index (χ0) is 14.5. The number of nitrogens with zero attached hydrogens (tertiary/aromatic N) is 3. The van der Waals surface area contributed by atoms with Crippen LogP contribution in [-0.4, -0.2) is 26.8 Å². The van der Waals surface area contributed by atoms with Gasteiger partial charge in [-0.2, -0.15) is 5.10 Å². The molecule has 6 nitrogen and oxygen atoms in total. The quantitative estimate of drug-likeness (QED) is 0.910. The number of hydrogen-bond donors (Lipinski definition) is 2. The van der Waals surface area contributed by atoms with Gasteiger partial charge in [0, 0.05) is 18.4 Å². The molecule has 6 heteroatoms. The Bertz CT molecular complexity index is 573. The van der Waals surface area contributed by atoms with Crippen LogP contribution in [0.1, 0.15) is 32.1 Å². The highest BCUT2D eigenvalue weighted by Crippen LogP contribution is 2.17. The van der Waals surface area contributed by atoms with E-state index >= 15 is 0 Å². The monoisotopic (exact) mass is 285 g/mol. The Balaban J connectivity index is 1.56. The normalized spacial score (nSPS) is 15.6. The van der Waals surface area contributed by atoms with Gasteiger partial charge < -0.3 is 10.6 Å². The molecule has 0 radical (unpaired) electrons.